The summed E-state index contributed by atoms with van der Waals surface area (Å²) in [6.07, 6.45) is 6.67. The molecule has 1 saturated carbocycles. The van der Waals surface area contributed by atoms with Gasteiger partial charge in [0.15, 0.2) is 11.4 Å². The number of fused-ring (bicyclic) bond motifs is 1. The first-order valence-electron chi connectivity index (χ1n) is 8.64. The van der Waals surface area contributed by atoms with Crippen molar-refractivity contribution in [1.29, 1.82) is 0 Å². The smallest absolute Gasteiger partial charge is 0.163 e. The van der Waals surface area contributed by atoms with Crippen molar-refractivity contribution in [3.05, 3.63) is 23.5 Å². The molecule has 1 aliphatic carbocycles. The molecule has 2 heterocycles. The first-order valence-corrected chi connectivity index (χ1v) is 8.64. The Morgan fingerprint density at radius 2 is 2.17 bits per heavy atom. The van der Waals surface area contributed by atoms with Crippen molar-refractivity contribution in [3.63, 3.8) is 0 Å². The van der Waals surface area contributed by atoms with Crippen LogP contribution < -0.4 is 0 Å². The normalized spacial score (nSPS) is 14.8. The zero-order valence-corrected chi connectivity index (χ0v) is 14.4. The van der Waals surface area contributed by atoms with E-state index in [1.54, 1.807) is 0 Å². The van der Waals surface area contributed by atoms with Gasteiger partial charge in [-0.2, -0.15) is 5.10 Å². The minimum absolute atomic E-state index is 0.220. The number of aromatic nitrogens is 3. The molecule has 0 spiro atoms. The molecule has 23 heavy (non-hydrogen) atoms. The van der Waals surface area contributed by atoms with Gasteiger partial charge in [0.1, 0.15) is 0 Å². The van der Waals surface area contributed by atoms with E-state index in [4.69, 9.17) is 4.98 Å². The van der Waals surface area contributed by atoms with Crippen LogP contribution in [0.15, 0.2) is 12.3 Å². The fraction of sp³-hybridized carbons (Fsp3) is 0.611. The number of rotatable bonds is 8. The molecular weight excluding hydrogens is 288 g/mol. The Bertz CT molecular complexity index is 700. The van der Waals surface area contributed by atoms with E-state index in [1.807, 2.05) is 31.0 Å². The van der Waals surface area contributed by atoms with Crippen LogP contribution in [-0.4, -0.2) is 46.1 Å². The maximum absolute atomic E-state index is 12.7. The molecule has 0 bridgehead atoms. The summed E-state index contributed by atoms with van der Waals surface area (Å²) in [5, 5.41) is 5.37. The average Bonchev–Trinajstić information content (AvgIpc) is 3.29. The first-order chi connectivity index (χ1) is 11.1. The Morgan fingerprint density at radius 3 is 2.83 bits per heavy atom. The van der Waals surface area contributed by atoms with E-state index in [9.17, 15) is 4.79 Å². The zero-order valence-electron chi connectivity index (χ0n) is 14.4. The number of hydrogen-bond acceptors (Lipinski definition) is 4. The Hall–Kier alpha value is -1.75. The minimum Gasteiger partial charge on any atom is -0.309 e. The highest BCUT2D eigenvalue weighted by molar-refractivity contribution is 6.06. The maximum atomic E-state index is 12.7. The van der Waals surface area contributed by atoms with Gasteiger partial charge in [-0.3, -0.25) is 4.79 Å². The lowest BCUT2D eigenvalue weighted by atomic mass is 10.0. The van der Waals surface area contributed by atoms with E-state index in [-0.39, 0.29) is 5.78 Å². The topological polar surface area (TPSA) is 51.0 Å². The summed E-state index contributed by atoms with van der Waals surface area (Å²) in [5.74, 6) is 0.759. The van der Waals surface area contributed by atoms with Gasteiger partial charge in [-0.25, -0.2) is 9.67 Å². The van der Waals surface area contributed by atoms with E-state index in [0.29, 0.717) is 12.3 Å². The van der Waals surface area contributed by atoms with Crippen LogP contribution in [0, 0.1) is 0 Å². The van der Waals surface area contributed by atoms with Crippen LogP contribution in [0.2, 0.25) is 0 Å². The van der Waals surface area contributed by atoms with Crippen molar-refractivity contribution in [2.24, 2.45) is 0 Å². The van der Waals surface area contributed by atoms with Crippen molar-refractivity contribution < 1.29 is 4.79 Å². The second kappa shape index (κ2) is 6.79. The van der Waals surface area contributed by atoms with Gasteiger partial charge in [0, 0.05) is 35.5 Å². The summed E-state index contributed by atoms with van der Waals surface area (Å²) in [7, 11) is 4.07. The first kappa shape index (κ1) is 16.1. The number of pyridine rings is 1. The minimum atomic E-state index is 0.220. The lowest BCUT2D eigenvalue weighted by Crippen LogP contribution is -2.14. The third-order valence-electron chi connectivity index (χ3n) is 4.37. The largest absolute Gasteiger partial charge is 0.309 e. The number of hydrogen-bond donors (Lipinski definition) is 0. The Kier molecular flexibility index (Phi) is 4.76. The number of ketones is 1. The molecule has 0 radical (unpaired) electrons. The number of carbonyl (C=O) groups is 1. The third kappa shape index (κ3) is 3.61. The van der Waals surface area contributed by atoms with Gasteiger partial charge in [-0.1, -0.05) is 6.92 Å². The monoisotopic (exact) mass is 314 g/mol. The fourth-order valence-electron chi connectivity index (χ4n) is 2.95. The van der Waals surface area contributed by atoms with Crippen molar-refractivity contribution in [2.75, 3.05) is 20.6 Å². The van der Waals surface area contributed by atoms with E-state index in [0.717, 1.165) is 48.2 Å². The molecule has 2 aromatic rings. The molecule has 3 rings (SSSR count). The van der Waals surface area contributed by atoms with Gasteiger partial charge >= 0.3 is 0 Å². The van der Waals surface area contributed by atoms with Crippen LogP contribution in [0.4, 0.5) is 0 Å². The van der Waals surface area contributed by atoms with Gasteiger partial charge < -0.3 is 4.90 Å². The summed E-state index contributed by atoms with van der Waals surface area (Å²) >= 11 is 0. The van der Waals surface area contributed by atoms with Crippen LogP contribution in [0.5, 0.6) is 0 Å². The molecule has 0 aliphatic heterocycles. The predicted molar refractivity (Wildman–Crippen MR) is 91.9 cm³/mol. The molecule has 2 aromatic heterocycles. The van der Waals surface area contributed by atoms with E-state index >= 15 is 0 Å². The van der Waals surface area contributed by atoms with Crippen LogP contribution in [0.25, 0.3) is 11.0 Å². The SMILES string of the molecule is CCCn1ncc2c(C(=O)CCCN(C)C)cc(C3CC3)nc21. The summed E-state index contributed by atoms with van der Waals surface area (Å²) < 4.78 is 1.94. The van der Waals surface area contributed by atoms with Crippen molar-refractivity contribution in [2.45, 2.75) is 51.5 Å². The van der Waals surface area contributed by atoms with Crippen LogP contribution in [0.1, 0.15) is 61.0 Å². The van der Waals surface area contributed by atoms with Gasteiger partial charge in [0.05, 0.1) is 6.20 Å². The molecule has 5 heteroatoms. The van der Waals surface area contributed by atoms with Crippen molar-refractivity contribution in [3.8, 4) is 0 Å². The molecule has 0 aromatic carbocycles. The van der Waals surface area contributed by atoms with Gasteiger partial charge in [0.2, 0.25) is 0 Å². The molecule has 0 amide bonds. The van der Waals surface area contributed by atoms with E-state index < -0.39 is 0 Å². The number of Topliss-reactive ketones (excluding diaryl/α,β-unsaturated/α-hetero) is 1. The Balaban J connectivity index is 1.92. The molecule has 0 N–H and O–H groups in total. The summed E-state index contributed by atoms with van der Waals surface area (Å²) in [4.78, 5) is 19.6. The summed E-state index contributed by atoms with van der Waals surface area (Å²) in [5.41, 5.74) is 2.77. The standard InChI is InChI=1S/C18H26N4O/c1-4-9-22-18-15(12-19-22)14(11-16(20-18)13-7-8-13)17(23)6-5-10-21(2)3/h11-13H,4-10H2,1-3H3. The molecule has 124 valence electrons. The van der Waals surface area contributed by atoms with Crippen molar-refractivity contribution >= 4 is 16.8 Å². The van der Waals surface area contributed by atoms with Crippen LogP contribution in [-0.2, 0) is 6.54 Å². The lowest BCUT2D eigenvalue weighted by molar-refractivity contribution is 0.0979. The fourth-order valence-corrected chi connectivity index (χ4v) is 2.95. The lowest BCUT2D eigenvalue weighted by Gasteiger charge is -2.10. The summed E-state index contributed by atoms with van der Waals surface area (Å²) in [6.45, 7) is 3.91. The van der Waals surface area contributed by atoms with E-state index in [2.05, 4.69) is 16.9 Å². The molecule has 0 unspecified atom stereocenters. The molecule has 5 nitrogen and oxygen atoms in total. The van der Waals surface area contributed by atoms with Gasteiger partial charge in [0.25, 0.3) is 0 Å². The molecule has 0 saturated heterocycles. The number of aryl methyl sites for hydroxylation is 1. The zero-order chi connectivity index (χ0) is 16.4. The van der Waals surface area contributed by atoms with Crippen molar-refractivity contribution in [1.82, 2.24) is 19.7 Å². The second-order valence-corrected chi connectivity index (χ2v) is 6.80. The molecule has 1 aliphatic rings. The molecular formula is C18H26N4O. The summed E-state index contributed by atoms with van der Waals surface area (Å²) in [6, 6.07) is 2.02. The van der Waals surface area contributed by atoms with Crippen LogP contribution in [0.3, 0.4) is 0 Å². The third-order valence-corrected chi connectivity index (χ3v) is 4.37. The Morgan fingerprint density at radius 1 is 1.39 bits per heavy atom. The van der Waals surface area contributed by atoms with Gasteiger partial charge in [-0.15, -0.1) is 0 Å². The highest BCUT2D eigenvalue weighted by Crippen LogP contribution is 2.40. The number of carbonyl (C=O) groups excluding carboxylic acids is 1. The second-order valence-electron chi connectivity index (χ2n) is 6.80. The predicted octanol–water partition coefficient (Wildman–Crippen LogP) is 3.24. The number of nitrogens with zero attached hydrogens (tertiary/aromatic N) is 4. The highest BCUT2D eigenvalue weighted by atomic mass is 16.1. The van der Waals surface area contributed by atoms with Crippen LogP contribution >= 0.6 is 0 Å². The highest BCUT2D eigenvalue weighted by Gasteiger charge is 2.27. The van der Waals surface area contributed by atoms with Gasteiger partial charge in [-0.05, 0) is 52.4 Å². The molecule has 1 fully saturated rings. The molecule has 0 atom stereocenters. The quantitative estimate of drug-likeness (QED) is 0.702. The van der Waals surface area contributed by atoms with E-state index in [1.165, 1.54) is 12.8 Å². The maximum Gasteiger partial charge on any atom is 0.163 e. The Labute approximate surface area is 137 Å². The average molecular weight is 314 g/mol.